The van der Waals surface area contributed by atoms with E-state index in [1.54, 1.807) is 0 Å². The Balaban J connectivity index is 2.86. The molecule has 0 amide bonds. The number of allylic oxidation sites excluding steroid dienone is 2. The normalized spacial score (nSPS) is 13.7. The fourth-order valence-corrected chi connectivity index (χ4v) is 1.73. The summed E-state index contributed by atoms with van der Waals surface area (Å²) in [4.78, 5) is 34.3. The van der Waals surface area contributed by atoms with Crippen molar-refractivity contribution in [2.45, 2.75) is 6.92 Å². The maximum Gasteiger partial charge on any atom is 0.190 e. The Bertz CT molecular complexity index is 595. The van der Waals surface area contributed by atoms with Crippen molar-refractivity contribution in [3.8, 4) is 11.5 Å². The quantitative estimate of drug-likeness (QED) is 0.561. The van der Waals surface area contributed by atoms with Crippen LogP contribution in [0.2, 0.25) is 0 Å². The highest BCUT2D eigenvalue weighted by molar-refractivity contribution is 6.25. The number of phenolic OH excluding ortho intramolecular Hbond substituents is 2. The molecule has 0 bridgehead atoms. The van der Waals surface area contributed by atoms with Crippen LogP contribution in [-0.4, -0.2) is 27.6 Å². The van der Waals surface area contributed by atoms with Gasteiger partial charge in [-0.1, -0.05) is 0 Å². The smallest absolute Gasteiger partial charge is 0.190 e. The molecule has 0 saturated carbocycles. The third-order valence-corrected chi connectivity index (χ3v) is 2.54. The van der Waals surface area contributed by atoms with Gasteiger partial charge in [0.05, 0.1) is 16.7 Å². The van der Waals surface area contributed by atoms with Gasteiger partial charge in [-0.2, -0.15) is 0 Å². The second-order valence-corrected chi connectivity index (χ2v) is 3.66. The topological polar surface area (TPSA) is 91.7 Å². The molecule has 2 rings (SSSR count). The van der Waals surface area contributed by atoms with E-state index in [1.165, 1.54) is 6.92 Å². The van der Waals surface area contributed by atoms with Gasteiger partial charge in [-0.25, -0.2) is 0 Å². The molecule has 0 radical (unpaired) electrons. The molecule has 86 valence electrons. The summed E-state index contributed by atoms with van der Waals surface area (Å²) in [7, 11) is 0. The fraction of sp³-hybridized carbons (Fsp3) is 0.0833. The number of phenols is 2. The average Bonchev–Trinajstić information content (AvgIpc) is 2.26. The molecule has 0 fully saturated rings. The summed E-state index contributed by atoms with van der Waals surface area (Å²) >= 11 is 0. The van der Waals surface area contributed by atoms with Gasteiger partial charge < -0.3 is 10.2 Å². The summed E-state index contributed by atoms with van der Waals surface area (Å²) in [6.45, 7) is 1.19. The summed E-state index contributed by atoms with van der Waals surface area (Å²) in [5.41, 5.74) is -0.764. The highest BCUT2D eigenvalue weighted by Crippen LogP contribution is 2.36. The van der Waals surface area contributed by atoms with E-state index in [0.717, 1.165) is 18.2 Å². The highest BCUT2D eigenvalue weighted by Gasteiger charge is 2.29. The summed E-state index contributed by atoms with van der Waals surface area (Å²) in [6.07, 6.45) is 2.00. The molecule has 2 N–H and O–H groups in total. The Morgan fingerprint density at radius 3 is 2.12 bits per heavy atom. The lowest BCUT2D eigenvalue weighted by molar-refractivity contribution is 0.0984. The number of fused-ring (bicyclic) bond motifs is 1. The largest absolute Gasteiger partial charge is 0.507 e. The molecule has 1 aliphatic carbocycles. The minimum Gasteiger partial charge on any atom is -0.507 e. The van der Waals surface area contributed by atoms with E-state index in [0.29, 0.717) is 0 Å². The summed E-state index contributed by atoms with van der Waals surface area (Å²) in [6, 6.07) is 0.987. The second kappa shape index (κ2) is 3.55. The third kappa shape index (κ3) is 1.52. The van der Waals surface area contributed by atoms with E-state index in [1.807, 2.05) is 0 Å². The van der Waals surface area contributed by atoms with Gasteiger partial charge in [-0.05, 0) is 25.1 Å². The molecular formula is C12H8O5. The highest BCUT2D eigenvalue weighted by atomic mass is 16.3. The van der Waals surface area contributed by atoms with Crippen LogP contribution in [0, 0.1) is 0 Å². The maximum absolute atomic E-state index is 11.6. The van der Waals surface area contributed by atoms with E-state index >= 15 is 0 Å². The number of hydrogen-bond acceptors (Lipinski definition) is 5. The van der Waals surface area contributed by atoms with Crippen molar-refractivity contribution in [1.82, 2.24) is 0 Å². The first-order valence-electron chi connectivity index (χ1n) is 4.80. The van der Waals surface area contributed by atoms with Crippen molar-refractivity contribution < 1.29 is 24.6 Å². The second-order valence-electron chi connectivity index (χ2n) is 3.66. The van der Waals surface area contributed by atoms with E-state index in [4.69, 9.17) is 0 Å². The van der Waals surface area contributed by atoms with Crippen LogP contribution in [0.5, 0.6) is 11.5 Å². The molecule has 0 aromatic heterocycles. The first kappa shape index (κ1) is 11.1. The Morgan fingerprint density at radius 2 is 1.59 bits per heavy atom. The molecule has 1 aromatic carbocycles. The maximum atomic E-state index is 11.6. The number of hydrogen-bond donors (Lipinski definition) is 2. The first-order chi connectivity index (χ1) is 7.93. The van der Waals surface area contributed by atoms with Crippen molar-refractivity contribution in [3.63, 3.8) is 0 Å². The number of ketones is 3. The number of benzene rings is 1. The van der Waals surface area contributed by atoms with Crippen LogP contribution < -0.4 is 0 Å². The molecule has 0 unspecified atom stereocenters. The summed E-state index contributed by atoms with van der Waals surface area (Å²) < 4.78 is 0. The van der Waals surface area contributed by atoms with Crippen molar-refractivity contribution in [3.05, 3.63) is 34.9 Å². The number of aromatic hydroxyl groups is 2. The summed E-state index contributed by atoms with van der Waals surface area (Å²) in [5.74, 6) is -2.74. The van der Waals surface area contributed by atoms with Crippen LogP contribution in [0.3, 0.4) is 0 Å². The van der Waals surface area contributed by atoms with Gasteiger partial charge in [0.25, 0.3) is 0 Å². The van der Waals surface area contributed by atoms with Crippen LogP contribution in [-0.2, 0) is 0 Å². The fourth-order valence-electron chi connectivity index (χ4n) is 1.73. The van der Waals surface area contributed by atoms with Crippen LogP contribution >= 0.6 is 0 Å². The van der Waals surface area contributed by atoms with Crippen molar-refractivity contribution in [2.24, 2.45) is 0 Å². The van der Waals surface area contributed by atoms with Crippen LogP contribution in [0.4, 0.5) is 0 Å². The minimum atomic E-state index is -0.615. The van der Waals surface area contributed by atoms with E-state index in [-0.39, 0.29) is 16.7 Å². The molecule has 0 aliphatic heterocycles. The van der Waals surface area contributed by atoms with Gasteiger partial charge in [-0.15, -0.1) is 0 Å². The van der Waals surface area contributed by atoms with E-state index in [9.17, 15) is 24.6 Å². The molecule has 1 aliphatic rings. The lowest BCUT2D eigenvalue weighted by Crippen LogP contribution is -2.13. The molecular weight excluding hydrogens is 224 g/mol. The minimum absolute atomic E-state index is 0.183. The Labute approximate surface area is 96.0 Å². The van der Waals surface area contributed by atoms with Gasteiger partial charge in [0, 0.05) is 0 Å². The Hall–Kier alpha value is -2.43. The predicted octanol–water partition coefficient (Wildman–Crippen LogP) is 1.24. The summed E-state index contributed by atoms with van der Waals surface area (Å²) in [5, 5.41) is 19.4. The van der Waals surface area contributed by atoms with E-state index < -0.39 is 28.8 Å². The van der Waals surface area contributed by atoms with Gasteiger partial charge in [0.15, 0.2) is 17.3 Å². The Morgan fingerprint density at radius 1 is 1.06 bits per heavy atom. The van der Waals surface area contributed by atoms with E-state index in [2.05, 4.69) is 0 Å². The van der Waals surface area contributed by atoms with Crippen molar-refractivity contribution in [1.29, 1.82) is 0 Å². The lowest BCUT2D eigenvalue weighted by Gasteiger charge is -2.14. The molecule has 0 saturated heterocycles. The van der Waals surface area contributed by atoms with Gasteiger partial charge >= 0.3 is 0 Å². The molecule has 17 heavy (non-hydrogen) atoms. The lowest BCUT2D eigenvalue weighted by atomic mass is 9.90. The molecule has 1 aromatic rings. The SMILES string of the molecule is CC(=O)c1cc(O)c2c(c1O)C(=O)C=CC2=O. The average molecular weight is 232 g/mol. The number of carbonyl (C=O) groups is 3. The van der Waals surface area contributed by atoms with Crippen LogP contribution in [0.1, 0.15) is 38.0 Å². The molecule has 5 nitrogen and oxygen atoms in total. The van der Waals surface area contributed by atoms with Crippen LogP contribution in [0.25, 0.3) is 0 Å². The number of rotatable bonds is 1. The standard InChI is InChI=1S/C12H8O5/c1-5(13)6-4-9(16)10-7(14)2-3-8(15)11(10)12(6)17/h2-4,16-17H,1H3. The zero-order valence-corrected chi connectivity index (χ0v) is 8.85. The first-order valence-corrected chi connectivity index (χ1v) is 4.80. The Kier molecular flexibility index (Phi) is 2.31. The number of carbonyl (C=O) groups excluding carboxylic acids is 3. The third-order valence-electron chi connectivity index (χ3n) is 2.54. The molecule has 5 heteroatoms. The zero-order chi connectivity index (χ0) is 12.7. The van der Waals surface area contributed by atoms with Crippen molar-refractivity contribution >= 4 is 17.3 Å². The van der Waals surface area contributed by atoms with Crippen molar-refractivity contribution in [2.75, 3.05) is 0 Å². The molecule has 0 heterocycles. The predicted molar refractivity (Wildman–Crippen MR) is 57.6 cm³/mol. The van der Waals surface area contributed by atoms with Crippen LogP contribution in [0.15, 0.2) is 18.2 Å². The number of Topliss-reactive ketones (excluding diaryl/α,β-unsaturated/α-hetero) is 1. The molecule has 0 atom stereocenters. The van der Waals surface area contributed by atoms with Gasteiger partial charge in [0.2, 0.25) is 0 Å². The van der Waals surface area contributed by atoms with Gasteiger partial charge in [-0.3, -0.25) is 14.4 Å². The molecule has 0 spiro atoms. The van der Waals surface area contributed by atoms with Gasteiger partial charge in [0.1, 0.15) is 11.5 Å². The monoisotopic (exact) mass is 232 g/mol. The zero-order valence-electron chi connectivity index (χ0n) is 8.85.